The van der Waals surface area contributed by atoms with Crippen molar-refractivity contribution in [3.63, 3.8) is 0 Å². The number of halogens is 1. The maximum absolute atomic E-state index is 13.8. The highest BCUT2D eigenvalue weighted by atomic mass is 32.1. The number of anilines is 1. The van der Waals surface area contributed by atoms with Gasteiger partial charge in [-0.15, -0.1) is 10.2 Å². The summed E-state index contributed by atoms with van der Waals surface area (Å²) >= 11 is 1.23. The number of carbonyl (C=O) groups is 2. The molecule has 7 nitrogen and oxygen atoms in total. The Morgan fingerprint density at radius 3 is 2.71 bits per heavy atom. The molecule has 1 fully saturated rings. The normalized spacial score (nSPS) is 15.3. The molecule has 9 heteroatoms. The molecular formula is C15H15FN4O3S. The Morgan fingerprint density at radius 1 is 1.33 bits per heavy atom. The molecule has 2 amide bonds. The van der Waals surface area contributed by atoms with Gasteiger partial charge in [0.2, 0.25) is 11.0 Å². The first-order valence-electron chi connectivity index (χ1n) is 7.40. The van der Waals surface area contributed by atoms with Gasteiger partial charge >= 0.3 is 0 Å². The number of aromatic nitrogens is 2. The first-order chi connectivity index (χ1) is 11.6. The summed E-state index contributed by atoms with van der Waals surface area (Å²) in [5, 5.41) is 20.2. The molecule has 0 aliphatic carbocycles. The van der Waals surface area contributed by atoms with Gasteiger partial charge in [-0.2, -0.15) is 0 Å². The van der Waals surface area contributed by atoms with Gasteiger partial charge < -0.3 is 15.3 Å². The number of likely N-dealkylation sites (tertiary alicyclic amines) is 1. The highest BCUT2D eigenvalue weighted by Gasteiger charge is 2.30. The van der Waals surface area contributed by atoms with Gasteiger partial charge in [0.25, 0.3) is 5.91 Å². The first-order valence-corrected chi connectivity index (χ1v) is 8.28. The van der Waals surface area contributed by atoms with E-state index in [0.717, 1.165) is 6.07 Å². The quantitative estimate of drug-likeness (QED) is 0.881. The van der Waals surface area contributed by atoms with Crippen LogP contribution in [0.4, 0.5) is 9.52 Å². The third kappa shape index (κ3) is 3.35. The van der Waals surface area contributed by atoms with E-state index in [2.05, 4.69) is 15.5 Å². The lowest BCUT2D eigenvalue weighted by Gasteiger charge is -2.31. The summed E-state index contributed by atoms with van der Waals surface area (Å²) in [5.74, 6) is -2.10. The summed E-state index contributed by atoms with van der Waals surface area (Å²) in [7, 11) is 0. The zero-order chi connectivity index (χ0) is 17.1. The first kappa shape index (κ1) is 16.3. The minimum atomic E-state index is -0.754. The lowest BCUT2D eigenvalue weighted by atomic mass is 9.95. The number of phenols is 1. The predicted molar refractivity (Wildman–Crippen MR) is 85.2 cm³/mol. The molecule has 24 heavy (non-hydrogen) atoms. The van der Waals surface area contributed by atoms with Crippen LogP contribution < -0.4 is 5.32 Å². The smallest absolute Gasteiger partial charge is 0.260 e. The van der Waals surface area contributed by atoms with Gasteiger partial charge in [0.05, 0.1) is 0 Å². The molecular weight excluding hydrogens is 335 g/mol. The molecule has 1 aromatic carbocycles. The molecule has 2 heterocycles. The minimum Gasteiger partial charge on any atom is -0.507 e. The number of nitrogens with zero attached hydrogens (tertiary/aromatic N) is 3. The molecule has 1 saturated heterocycles. The largest absolute Gasteiger partial charge is 0.507 e. The van der Waals surface area contributed by atoms with Crippen molar-refractivity contribution in [2.45, 2.75) is 12.8 Å². The Morgan fingerprint density at radius 2 is 2.08 bits per heavy atom. The van der Waals surface area contributed by atoms with Crippen molar-refractivity contribution in [1.29, 1.82) is 0 Å². The number of phenolic OH excluding ortho intramolecular Hbond substituents is 1. The van der Waals surface area contributed by atoms with Crippen LogP contribution in [0.3, 0.4) is 0 Å². The fourth-order valence-electron chi connectivity index (χ4n) is 2.66. The van der Waals surface area contributed by atoms with Crippen LogP contribution in [0.5, 0.6) is 5.75 Å². The minimum absolute atomic E-state index is 0.160. The number of amides is 2. The molecule has 3 rings (SSSR count). The fourth-order valence-corrected chi connectivity index (χ4v) is 3.11. The number of carbonyl (C=O) groups excluding carboxylic acids is 2. The number of hydrogen-bond acceptors (Lipinski definition) is 6. The molecule has 0 radical (unpaired) electrons. The van der Waals surface area contributed by atoms with Gasteiger partial charge in [0, 0.05) is 19.0 Å². The zero-order valence-electron chi connectivity index (χ0n) is 12.6. The number of piperidine rings is 1. The van der Waals surface area contributed by atoms with Gasteiger partial charge in [-0.3, -0.25) is 9.59 Å². The van der Waals surface area contributed by atoms with E-state index in [9.17, 15) is 19.1 Å². The van der Waals surface area contributed by atoms with E-state index in [0.29, 0.717) is 31.1 Å². The second kappa shape index (κ2) is 6.91. The SMILES string of the molecule is O=C(Nc1nncs1)C1CCN(C(=O)c2c(O)cccc2F)CC1. The average molecular weight is 350 g/mol. The third-order valence-corrected chi connectivity index (χ3v) is 4.56. The molecule has 1 aromatic heterocycles. The lowest BCUT2D eigenvalue weighted by molar-refractivity contribution is -0.121. The van der Waals surface area contributed by atoms with Crippen molar-refractivity contribution in [2.75, 3.05) is 18.4 Å². The van der Waals surface area contributed by atoms with Crippen LogP contribution in [-0.2, 0) is 4.79 Å². The van der Waals surface area contributed by atoms with Crippen LogP contribution in [0.15, 0.2) is 23.7 Å². The summed E-state index contributed by atoms with van der Waals surface area (Å²) < 4.78 is 13.8. The topological polar surface area (TPSA) is 95.4 Å². The Balaban J connectivity index is 1.60. The van der Waals surface area contributed by atoms with Crippen LogP contribution in [0.25, 0.3) is 0 Å². The maximum atomic E-state index is 13.8. The van der Waals surface area contributed by atoms with Crippen LogP contribution in [0.1, 0.15) is 23.2 Å². The fraction of sp³-hybridized carbons (Fsp3) is 0.333. The van der Waals surface area contributed by atoms with E-state index in [1.54, 1.807) is 0 Å². The van der Waals surface area contributed by atoms with E-state index in [-0.39, 0.29) is 23.1 Å². The number of rotatable bonds is 3. The molecule has 0 spiro atoms. The standard InChI is InChI=1S/C15H15FN4O3S/c16-10-2-1-3-11(21)12(10)14(23)20-6-4-9(5-7-20)13(22)18-15-19-17-8-24-15/h1-3,8-9,21H,4-7H2,(H,18,19,22). The van der Waals surface area contributed by atoms with Crippen LogP contribution in [0, 0.1) is 11.7 Å². The Labute approximate surface area is 141 Å². The molecule has 126 valence electrons. The summed E-state index contributed by atoms with van der Waals surface area (Å²) in [6, 6.07) is 3.75. The molecule has 2 N–H and O–H groups in total. The van der Waals surface area contributed by atoms with E-state index in [4.69, 9.17) is 0 Å². The number of hydrogen-bond donors (Lipinski definition) is 2. The zero-order valence-corrected chi connectivity index (χ0v) is 13.4. The van der Waals surface area contributed by atoms with Gasteiger partial charge in [-0.05, 0) is 25.0 Å². The third-order valence-electron chi connectivity index (χ3n) is 3.95. The van der Waals surface area contributed by atoms with Crippen molar-refractivity contribution >= 4 is 28.3 Å². The van der Waals surface area contributed by atoms with Crippen molar-refractivity contribution in [3.8, 4) is 5.75 Å². The van der Waals surface area contributed by atoms with Crippen molar-refractivity contribution < 1.29 is 19.1 Å². The summed E-state index contributed by atoms with van der Waals surface area (Å²) in [6.45, 7) is 0.641. The number of aromatic hydroxyl groups is 1. The van der Waals surface area contributed by atoms with Gasteiger partial charge in [-0.1, -0.05) is 17.4 Å². The summed E-state index contributed by atoms with van der Waals surface area (Å²) in [4.78, 5) is 26.0. The van der Waals surface area contributed by atoms with Crippen LogP contribution in [0.2, 0.25) is 0 Å². The second-order valence-electron chi connectivity index (χ2n) is 5.43. The average Bonchev–Trinajstić information content (AvgIpc) is 3.07. The molecule has 0 atom stereocenters. The molecule has 0 bridgehead atoms. The van der Waals surface area contributed by atoms with Gasteiger partial charge in [-0.25, -0.2) is 4.39 Å². The lowest BCUT2D eigenvalue weighted by Crippen LogP contribution is -2.41. The van der Waals surface area contributed by atoms with Crippen molar-refractivity contribution in [3.05, 3.63) is 35.1 Å². The molecule has 0 unspecified atom stereocenters. The van der Waals surface area contributed by atoms with E-state index in [1.165, 1.54) is 33.9 Å². The van der Waals surface area contributed by atoms with Gasteiger partial charge in [0.15, 0.2) is 0 Å². The Bertz CT molecular complexity index is 725. The predicted octanol–water partition coefficient (Wildman–Crippen LogP) is 1.87. The van der Waals surface area contributed by atoms with Crippen LogP contribution >= 0.6 is 11.3 Å². The molecule has 0 saturated carbocycles. The second-order valence-corrected chi connectivity index (χ2v) is 6.27. The molecule has 1 aliphatic rings. The van der Waals surface area contributed by atoms with E-state index in [1.807, 2.05) is 0 Å². The Kier molecular flexibility index (Phi) is 4.70. The van der Waals surface area contributed by atoms with Crippen LogP contribution in [-0.4, -0.2) is 45.1 Å². The Hall–Kier alpha value is -2.55. The van der Waals surface area contributed by atoms with Gasteiger partial charge in [0.1, 0.15) is 22.6 Å². The maximum Gasteiger partial charge on any atom is 0.260 e. The summed E-state index contributed by atoms with van der Waals surface area (Å²) in [5.41, 5.74) is 1.20. The van der Waals surface area contributed by atoms with E-state index < -0.39 is 11.7 Å². The van der Waals surface area contributed by atoms with Crippen molar-refractivity contribution in [1.82, 2.24) is 15.1 Å². The monoisotopic (exact) mass is 350 g/mol. The highest BCUT2D eigenvalue weighted by molar-refractivity contribution is 7.13. The van der Waals surface area contributed by atoms with E-state index >= 15 is 0 Å². The number of nitrogens with one attached hydrogen (secondary N) is 1. The van der Waals surface area contributed by atoms with Crippen molar-refractivity contribution in [2.24, 2.45) is 5.92 Å². The highest BCUT2D eigenvalue weighted by Crippen LogP contribution is 2.25. The number of benzene rings is 1. The molecule has 1 aliphatic heterocycles. The summed E-state index contributed by atoms with van der Waals surface area (Å²) in [6.07, 6.45) is 0.928. The molecule has 2 aromatic rings.